The fourth-order valence-electron chi connectivity index (χ4n) is 2.04. The Hall–Kier alpha value is -1.06. The Morgan fingerprint density at radius 3 is 2.19 bits per heavy atom. The van der Waals surface area contributed by atoms with Crippen molar-refractivity contribution in [2.24, 2.45) is 0 Å². The molecule has 0 saturated carbocycles. The van der Waals surface area contributed by atoms with Crippen LogP contribution in [0.15, 0.2) is 30.3 Å². The molecule has 0 saturated heterocycles. The van der Waals surface area contributed by atoms with E-state index in [9.17, 15) is 0 Å². The molecule has 2 aromatic carbocycles. The molecule has 0 aliphatic rings. The minimum Gasteiger partial charge on any atom is -0.226 e. The van der Waals surface area contributed by atoms with Crippen molar-refractivity contribution < 1.29 is 0 Å². The Balaban J connectivity index is 2.30. The number of aryl methyl sites for hydroxylation is 1. The zero-order valence-corrected chi connectivity index (χ0v) is 13.8. The lowest BCUT2D eigenvalue weighted by Gasteiger charge is -2.08. The second-order valence-corrected chi connectivity index (χ2v) is 6.13. The van der Waals surface area contributed by atoms with Gasteiger partial charge in [-0.1, -0.05) is 46.4 Å². The van der Waals surface area contributed by atoms with Gasteiger partial charge in [0.05, 0.1) is 20.9 Å². The number of rotatable bonds is 1. The van der Waals surface area contributed by atoms with Crippen molar-refractivity contribution in [3.63, 3.8) is 0 Å². The number of aromatic nitrogens is 2. The summed E-state index contributed by atoms with van der Waals surface area (Å²) in [5.74, 6) is 0.483. The lowest BCUT2D eigenvalue weighted by atomic mass is 10.1. The van der Waals surface area contributed by atoms with E-state index in [1.165, 1.54) is 0 Å². The molecule has 106 valence electrons. The van der Waals surface area contributed by atoms with E-state index >= 15 is 0 Å². The van der Waals surface area contributed by atoms with Crippen molar-refractivity contribution in [1.29, 1.82) is 0 Å². The molecule has 0 N–H and O–H groups in total. The fraction of sp³-hybridized carbons (Fsp3) is 0.0667. The van der Waals surface area contributed by atoms with Crippen molar-refractivity contribution >= 4 is 57.3 Å². The van der Waals surface area contributed by atoms with Gasteiger partial charge in [-0.3, -0.25) is 0 Å². The summed E-state index contributed by atoms with van der Waals surface area (Å²) in [6.07, 6.45) is 0. The number of nitrogens with zero attached hydrogens (tertiary/aromatic N) is 2. The number of fused-ring (bicyclic) bond motifs is 1. The smallest absolute Gasteiger partial charge is 0.161 e. The zero-order chi connectivity index (χ0) is 15.1. The highest BCUT2D eigenvalue weighted by molar-refractivity contribution is 6.44. The molecule has 0 aliphatic carbocycles. The fourth-order valence-corrected chi connectivity index (χ4v) is 2.92. The van der Waals surface area contributed by atoms with Crippen molar-refractivity contribution in [1.82, 2.24) is 9.97 Å². The number of hydrogen-bond acceptors (Lipinski definition) is 2. The Labute approximate surface area is 141 Å². The summed E-state index contributed by atoms with van der Waals surface area (Å²) in [5, 5.41) is 2.46. The Morgan fingerprint density at radius 1 is 0.810 bits per heavy atom. The molecule has 2 nitrogen and oxygen atoms in total. The number of benzene rings is 2. The van der Waals surface area contributed by atoms with E-state index in [0.29, 0.717) is 31.8 Å². The molecule has 0 fully saturated rings. The molecule has 0 unspecified atom stereocenters. The SMILES string of the molecule is Cc1cc(-c2nc(Cl)c3c(Cl)ccc(Cl)c3n2)ccc1Cl. The summed E-state index contributed by atoms with van der Waals surface area (Å²) >= 11 is 24.6. The highest BCUT2D eigenvalue weighted by Gasteiger charge is 2.13. The maximum absolute atomic E-state index is 6.24. The third-order valence-electron chi connectivity index (χ3n) is 3.12. The average molecular weight is 358 g/mol. The maximum Gasteiger partial charge on any atom is 0.161 e. The second kappa shape index (κ2) is 5.62. The highest BCUT2D eigenvalue weighted by Crippen LogP contribution is 2.34. The minimum absolute atomic E-state index is 0.273. The third-order valence-corrected chi connectivity index (χ3v) is 4.44. The number of hydrogen-bond donors (Lipinski definition) is 0. The van der Waals surface area contributed by atoms with Crippen LogP contribution in [0, 0.1) is 6.92 Å². The second-order valence-electron chi connectivity index (χ2n) is 4.55. The zero-order valence-electron chi connectivity index (χ0n) is 10.8. The van der Waals surface area contributed by atoms with Crippen LogP contribution < -0.4 is 0 Å². The van der Waals surface area contributed by atoms with Crippen LogP contribution in [0.3, 0.4) is 0 Å². The summed E-state index contributed by atoms with van der Waals surface area (Å²) < 4.78 is 0. The summed E-state index contributed by atoms with van der Waals surface area (Å²) in [6, 6.07) is 8.90. The normalized spacial score (nSPS) is 11.1. The molecule has 3 aromatic rings. The Kier molecular flexibility index (Phi) is 3.98. The molecule has 1 aromatic heterocycles. The Morgan fingerprint density at radius 2 is 1.48 bits per heavy atom. The predicted molar refractivity (Wildman–Crippen MR) is 89.8 cm³/mol. The van der Waals surface area contributed by atoms with Gasteiger partial charge in [-0.25, -0.2) is 9.97 Å². The van der Waals surface area contributed by atoms with E-state index in [-0.39, 0.29) is 5.15 Å². The minimum atomic E-state index is 0.273. The molecular formula is C15H8Cl4N2. The monoisotopic (exact) mass is 356 g/mol. The largest absolute Gasteiger partial charge is 0.226 e. The van der Waals surface area contributed by atoms with Gasteiger partial charge in [0.2, 0.25) is 0 Å². The topological polar surface area (TPSA) is 25.8 Å². The molecule has 21 heavy (non-hydrogen) atoms. The standard InChI is InChI=1S/C15H8Cl4N2/c1-7-6-8(2-3-9(7)16)15-20-13-11(18)5-4-10(17)12(13)14(19)21-15/h2-6H,1H3. The van der Waals surface area contributed by atoms with Gasteiger partial charge in [-0.15, -0.1) is 0 Å². The van der Waals surface area contributed by atoms with Crippen LogP contribution in [0.5, 0.6) is 0 Å². The lowest BCUT2D eigenvalue weighted by Crippen LogP contribution is -1.94. The third kappa shape index (κ3) is 2.69. The Bertz CT molecular complexity index is 862. The van der Waals surface area contributed by atoms with Crippen LogP contribution in [0.4, 0.5) is 0 Å². The molecule has 0 radical (unpaired) electrons. The molecule has 1 heterocycles. The van der Waals surface area contributed by atoms with Gasteiger partial charge < -0.3 is 0 Å². The molecule has 3 rings (SSSR count). The van der Waals surface area contributed by atoms with E-state index < -0.39 is 0 Å². The van der Waals surface area contributed by atoms with Crippen molar-refractivity contribution in [2.75, 3.05) is 0 Å². The van der Waals surface area contributed by atoms with E-state index in [2.05, 4.69) is 9.97 Å². The van der Waals surface area contributed by atoms with Gasteiger partial charge in [0.15, 0.2) is 5.82 Å². The van der Waals surface area contributed by atoms with Gasteiger partial charge in [-0.05, 0) is 42.8 Å². The van der Waals surface area contributed by atoms with E-state index in [4.69, 9.17) is 46.4 Å². The maximum atomic E-state index is 6.24. The molecule has 0 atom stereocenters. The highest BCUT2D eigenvalue weighted by atomic mass is 35.5. The van der Waals surface area contributed by atoms with Gasteiger partial charge >= 0.3 is 0 Å². The van der Waals surface area contributed by atoms with Gasteiger partial charge in [0.1, 0.15) is 5.15 Å². The van der Waals surface area contributed by atoms with Crippen LogP contribution in [0.2, 0.25) is 20.2 Å². The first-order valence-electron chi connectivity index (χ1n) is 6.05. The first-order valence-corrected chi connectivity index (χ1v) is 7.56. The van der Waals surface area contributed by atoms with E-state index in [1.54, 1.807) is 18.2 Å². The molecule has 0 aliphatic heterocycles. The van der Waals surface area contributed by atoms with Crippen LogP contribution in [0.1, 0.15) is 5.56 Å². The number of halogens is 4. The molecule has 6 heteroatoms. The van der Waals surface area contributed by atoms with Crippen LogP contribution in [-0.4, -0.2) is 9.97 Å². The molecular weight excluding hydrogens is 350 g/mol. The summed E-state index contributed by atoms with van der Waals surface area (Å²) in [4.78, 5) is 8.79. The van der Waals surface area contributed by atoms with E-state index in [1.807, 2.05) is 19.1 Å². The molecule has 0 amide bonds. The molecule has 0 spiro atoms. The molecule has 0 bridgehead atoms. The van der Waals surface area contributed by atoms with Crippen molar-refractivity contribution in [3.8, 4) is 11.4 Å². The van der Waals surface area contributed by atoms with Gasteiger partial charge in [-0.2, -0.15) is 0 Å². The van der Waals surface area contributed by atoms with Crippen molar-refractivity contribution in [3.05, 3.63) is 56.1 Å². The predicted octanol–water partition coefficient (Wildman–Crippen LogP) is 6.22. The van der Waals surface area contributed by atoms with Gasteiger partial charge in [0.25, 0.3) is 0 Å². The summed E-state index contributed by atoms with van der Waals surface area (Å²) in [5.41, 5.74) is 2.29. The van der Waals surface area contributed by atoms with Crippen LogP contribution >= 0.6 is 46.4 Å². The van der Waals surface area contributed by atoms with Crippen LogP contribution in [-0.2, 0) is 0 Å². The first kappa shape index (κ1) is 14.9. The van der Waals surface area contributed by atoms with E-state index in [0.717, 1.165) is 11.1 Å². The lowest BCUT2D eigenvalue weighted by molar-refractivity contribution is 1.22. The van der Waals surface area contributed by atoms with Gasteiger partial charge in [0, 0.05) is 10.6 Å². The summed E-state index contributed by atoms with van der Waals surface area (Å²) in [6.45, 7) is 1.92. The van der Waals surface area contributed by atoms with Crippen LogP contribution in [0.25, 0.3) is 22.3 Å². The quantitative estimate of drug-likeness (QED) is 0.483. The van der Waals surface area contributed by atoms with Crippen molar-refractivity contribution in [2.45, 2.75) is 6.92 Å². The average Bonchev–Trinajstić information content (AvgIpc) is 2.45. The first-order chi connectivity index (χ1) is 9.97. The summed E-state index contributed by atoms with van der Waals surface area (Å²) in [7, 11) is 0.